The summed E-state index contributed by atoms with van der Waals surface area (Å²) >= 11 is 0. The molecule has 1 heterocycles. The largest absolute Gasteiger partial charge is 0.490 e. The lowest BCUT2D eigenvalue weighted by atomic mass is 10.1. The number of allylic oxidation sites excluding steroid dienone is 2. The molecule has 2 unspecified atom stereocenters. The molecular formula is C12H19NO. The first kappa shape index (κ1) is 9.63. The molecule has 0 N–H and O–H groups in total. The summed E-state index contributed by atoms with van der Waals surface area (Å²) in [5.74, 6) is 2.76. The highest BCUT2D eigenvalue weighted by atomic mass is 16.5. The van der Waals surface area contributed by atoms with Crippen LogP contribution in [0.4, 0.5) is 0 Å². The molecule has 2 aliphatic carbocycles. The van der Waals surface area contributed by atoms with Gasteiger partial charge in [0.15, 0.2) is 0 Å². The van der Waals surface area contributed by atoms with Crippen LogP contribution in [0.2, 0.25) is 0 Å². The highest BCUT2D eigenvalue weighted by Crippen LogP contribution is 2.47. The van der Waals surface area contributed by atoms with Gasteiger partial charge in [-0.25, -0.2) is 0 Å². The zero-order valence-corrected chi connectivity index (χ0v) is 9.29. The molecule has 0 aromatic carbocycles. The van der Waals surface area contributed by atoms with Crippen LogP contribution in [0.1, 0.15) is 20.3 Å². The predicted molar refractivity (Wildman–Crippen MR) is 57.7 cm³/mol. The molecule has 14 heavy (non-hydrogen) atoms. The average Bonchev–Trinajstić information content (AvgIpc) is 2.97. The van der Waals surface area contributed by atoms with E-state index in [0.29, 0.717) is 0 Å². The second-order valence-corrected chi connectivity index (χ2v) is 3.92. The van der Waals surface area contributed by atoms with Crippen LogP contribution in [0.5, 0.6) is 0 Å². The Morgan fingerprint density at radius 3 is 2.79 bits per heavy atom. The van der Waals surface area contributed by atoms with Gasteiger partial charge in [-0.05, 0) is 24.3 Å². The van der Waals surface area contributed by atoms with Crippen LogP contribution in [0.3, 0.4) is 0 Å². The van der Waals surface area contributed by atoms with Crippen LogP contribution in [0.15, 0.2) is 23.6 Å². The molecule has 0 aromatic heterocycles. The normalized spacial score (nSPS) is 32.4. The van der Waals surface area contributed by atoms with Gasteiger partial charge in [0.2, 0.25) is 0 Å². The number of fused-ring (bicyclic) bond motifs is 2. The minimum atomic E-state index is 0.801. The quantitative estimate of drug-likeness (QED) is 0.585. The summed E-state index contributed by atoms with van der Waals surface area (Å²) in [4.78, 5) is 2.30. The molecule has 0 amide bonds. The van der Waals surface area contributed by atoms with Gasteiger partial charge in [0.1, 0.15) is 12.4 Å². The van der Waals surface area contributed by atoms with Gasteiger partial charge >= 0.3 is 0 Å². The lowest BCUT2D eigenvalue weighted by molar-refractivity contribution is 0.139. The van der Waals surface area contributed by atoms with E-state index in [1.807, 2.05) is 13.8 Å². The van der Waals surface area contributed by atoms with Gasteiger partial charge in [0.25, 0.3) is 0 Å². The SMILES string of the molecule is CC.CN1CCOC2=CC3CC3C=C21. The zero-order chi connectivity index (χ0) is 10.1. The summed E-state index contributed by atoms with van der Waals surface area (Å²) in [6.45, 7) is 5.87. The Kier molecular flexibility index (Phi) is 2.53. The van der Waals surface area contributed by atoms with E-state index in [-0.39, 0.29) is 0 Å². The zero-order valence-electron chi connectivity index (χ0n) is 9.29. The topological polar surface area (TPSA) is 12.5 Å². The highest BCUT2D eigenvalue weighted by Gasteiger charge is 2.39. The highest BCUT2D eigenvalue weighted by molar-refractivity contribution is 5.35. The first-order valence-corrected chi connectivity index (χ1v) is 5.62. The molecule has 1 saturated carbocycles. The Morgan fingerprint density at radius 2 is 2.00 bits per heavy atom. The molecule has 0 aromatic rings. The first-order valence-electron chi connectivity index (χ1n) is 5.62. The van der Waals surface area contributed by atoms with E-state index >= 15 is 0 Å². The number of rotatable bonds is 0. The van der Waals surface area contributed by atoms with Crippen molar-refractivity contribution in [2.24, 2.45) is 11.8 Å². The molecule has 2 heteroatoms. The number of ether oxygens (including phenoxy) is 1. The van der Waals surface area contributed by atoms with Crippen molar-refractivity contribution >= 4 is 0 Å². The van der Waals surface area contributed by atoms with Gasteiger partial charge in [-0.2, -0.15) is 0 Å². The fourth-order valence-corrected chi connectivity index (χ4v) is 2.03. The Bertz CT molecular complexity index is 280. The molecule has 2 fully saturated rings. The molecule has 1 saturated heterocycles. The van der Waals surface area contributed by atoms with Gasteiger partial charge in [0.05, 0.1) is 12.2 Å². The van der Waals surface area contributed by atoms with Crippen molar-refractivity contribution in [3.63, 3.8) is 0 Å². The molecule has 0 bridgehead atoms. The maximum atomic E-state index is 5.60. The molecule has 1 aliphatic heterocycles. The molecule has 0 spiro atoms. The summed E-state index contributed by atoms with van der Waals surface area (Å²) in [6.07, 6.45) is 6.01. The van der Waals surface area contributed by atoms with Crippen molar-refractivity contribution in [1.29, 1.82) is 0 Å². The Hall–Kier alpha value is -0.920. The number of morpholine rings is 1. The van der Waals surface area contributed by atoms with Crippen molar-refractivity contribution in [2.45, 2.75) is 20.3 Å². The second-order valence-electron chi connectivity index (χ2n) is 3.92. The summed E-state index contributed by atoms with van der Waals surface area (Å²) in [5.41, 5.74) is 1.32. The molecule has 2 atom stereocenters. The van der Waals surface area contributed by atoms with Crippen LogP contribution < -0.4 is 0 Å². The molecular weight excluding hydrogens is 174 g/mol. The summed E-state index contributed by atoms with van der Waals surface area (Å²) in [6, 6.07) is 0. The lowest BCUT2D eigenvalue weighted by Gasteiger charge is -2.31. The number of likely N-dealkylation sites (N-methyl/N-ethyl adjacent to an activating group) is 1. The Morgan fingerprint density at radius 1 is 1.29 bits per heavy atom. The van der Waals surface area contributed by atoms with Crippen LogP contribution in [-0.4, -0.2) is 25.1 Å². The summed E-state index contributed by atoms with van der Waals surface area (Å²) in [7, 11) is 2.14. The molecule has 78 valence electrons. The smallest absolute Gasteiger partial charge is 0.138 e. The minimum absolute atomic E-state index is 0.801. The predicted octanol–water partition coefficient (Wildman–Crippen LogP) is 2.39. The van der Waals surface area contributed by atoms with Crippen molar-refractivity contribution in [3.8, 4) is 0 Å². The fourth-order valence-electron chi connectivity index (χ4n) is 2.03. The van der Waals surface area contributed by atoms with E-state index in [1.54, 1.807) is 0 Å². The standard InChI is InChI=1S/C10H13NO.C2H6/c1-11-2-3-12-10-6-8-4-7(8)5-9(10)11;1-2/h5-8H,2-4H2,1H3;1-2H3. The van der Waals surface area contributed by atoms with Crippen LogP contribution in [0, 0.1) is 11.8 Å². The maximum absolute atomic E-state index is 5.60. The lowest BCUT2D eigenvalue weighted by Crippen LogP contribution is -2.30. The van der Waals surface area contributed by atoms with Gasteiger partial charge in [-0.15, -0.1) is 0 Å². The first-order chi connectivity index (χ1) is 6.84. The third kappa shape index (κ3) is 1.54. The third-order valence-electron chi connectivity index (χ3n) is 2.98. The number of hydrogen-bond acceptors (Lipinski definition) is 2. The van der Waals surface area contributed by atoms with E-state index in [2.05, 4.69) is 24.1 Å². The van der Waals surface area contributed by atoms with E-state index in [1.165, 1.54) is 12.1 Å². The maximum Gasteiger partial charge on any atom is 0.138 e. The van der Waals surface area contributed by atoms with Gasteiger partial charge in [-0.1, -0.05) is 19.9 Å². The number of hydrogen-bond donors (Lipinski definition) is 0. The summed E-state index contributed by atoms with van der Waals surface area (Å²) in [5, 5.41) is 0. The number of nitrogens with zero attached hydrogens (tertiary/aromatic N) is 1. The van der Waals surface area contributed by atoms with Crippen LogP contribution in [0.25, 0.3) is 0 Å². The Balaban J connectivity index is 0.000000354. The molecule has 2 nitrogen and oxygen atoms in total. The van der Waals surface area contributed by atoms with E-state index < -0.39 is 0 Å². The second kappa shape index (κ2) is 3.68. The fraction of sp³-hybridized carbons (Fsp3) is 0.667. The Labute approximate surface area is 86.2 Å². The summed E-state index contributed by atoms with van der Waals surface area (Å²) < 4.78 is 5.60. The molecule has 0 radical (unpaired) electrons. The van der Waals surface area contributed by atoms with Crippen molar-refractivity contribution in [3.05, 3.63) is 23.6 Å². The monoisotopic (exact) mass is 193 g/mol. The van der Waals surface area contributed by atoms with E-state index in [4.69, 9.17) is 4.74 Å². The molecule has 3 rings (SSSR count). The van der Waals surface area contributed by atoms with E-state index in [0.717, 1.165) is 30.7 Å². The van der Waals surface area contributed by atoms with Crippen LogP contribution >= 0.6 is 0 Å². The van der Waals surface area contributed by atoms with Gasteiger partial charge in [0, 0.05) is 7.05 Å². The van der Waals surface area contributed by atoms with Crippen molar-refractivity contribution < 1.29 is 4.74 Å². The van der Waals surface area contributed by atoms with Gasteiger partial charge in [-0.3, -0.25) is 0 Å². The van der Waals surface area contributed by atoms with Crippen LogP contribution in [-0.2, 0) is 4.74 Å². The average molecular weight is 193 g/mol. The van der Waals surface area contributed by atoms with Crippen molar-refractivity contribution in [1.82, 2.24) is 4.90 Å². The van der Waals surface area contributed by atoms with Crippen molar-refractivity contribution in [2.75, 3.05) is 20.2 Å². The minimum Gasteiger partial charge on any atom is -0.490 e. The third-order valence-corrected chi connectivity index (χ3v) is 2.98. The van der Waals surface area contributed by atoms with Gasteiger partial charge < -0.3 is 9.64 Å². The van der Waals surface area contributed by atoms with E-state index in [9.17, 15) is 0 Å². The molecule has 3 aliphatic rings.